The molecule has 132 valence electrons. The van der Waals surface area contributed by atoms with E-state index in [0.29, 0.717) is 18.3 Å². The van der Waals surface area contributed by atoms with E-state index in [2.05, 4.69) is 6.58 Å². The number of ether oxygens (including phenoxy) is 2. The van der Waals surface area contributed by atoms with Crippen LogP contribution < -0.4 is 4.74 Å². The lowest BCUT2D eigenvalue weighted by Gasteiger charge is -2.22. The number of rotatable bonds is 7. The molecule has 1 heterocycles. The Bertz CT molecular complexity index is 665. The van der Waals surface area contributed by atoms with Crippen molar-refractivity contribution in [1.29, 1.82) is 0 Å². The van der Waals surface area contributed by atoms with E-state index in [1.165, 1.54) is 22.8 Å². The van der Waals surface area contributed by atoms with Crippen molar-refractivity contribution in [3.63, 3.8) is 0 Å². The van der Waals surface area contributed by atoms with Gasteiger partial charge in [-0.05, 0) is 43.5 Å². The summed E-state index contributed by atoms with van der Waals surface area (Å²) in [5, 5.41) is 0.508. The van der Waals surface area contributed by atoms with Crippen molar-refractivity contribution >= 4 is 34.3 Å². The van der Waals surface area contributed by atoms with E-state index >= 15 is 0 Å². The van der Waals surface area contributed by atoms with Crippen LogP contribution >= 0.6 is 28.3 Å². The van der Waals surface area contributed by atoms with Crippen LogP contribution in [0.5, 0.6) is 5.75 Å². The zero-order chi connectivity index (χ0) is 17.7. The van der Waals surface area contributed by atoms with Crippen molar-refractivity contribution in [2.45, 2.75) is 20.3 Å². The highest BCUT2D eigenvalue weighted by Crippen LogP contribution is 2.79. The van der Waals surface area contributed by atoms with Gasteiger partial charge in [-0.1, -0.05) is 35.4 Å². The Labute approximate surface area is 151 Å². The molecule has 2 rings (SSSR count). The highest BCUT2D eigenvalue weighted by atomic mass is 33.1. The summed E-state index contributed by atoms with van der Waals surface area (Å²) in [6.45, 7) is 8.08. The molecule has 24 heavy (non-hydrogen) atoms. The fraction of sp³-hybridized carbons (Fsp3) is 0.471. The monoisotopic (exact) mass is 386 g/mol. The lowest BCUT2D eigenvalue weighted by Crippen LogP contribution is -2.21. The minimum Gasteiger partial charge on any atom is -0.497 e. The molecule has 1 saturated heterocycles. The maximum atomic E-state index is 13.0. The third-order valence-electron chi connectivity index (χ3n) is 3.72. The molecule has 0 spiro atoms. The summed E-state index contributed by atoms with van der Waals surface area (Å²) in [7, 11) is 1.62. The van der Waals surface area contributed by atoms with Gasteiger partial charge in [0, 0.05) is 16.8 Å². The zero-order valence-electron chi connectivity index (χ0n) is 14.2. The first kappa shape index (κ1) is 19.5. The highest BCUT2D eigenvalue weighted by Gasteiger charge is 2.39. The molecule has 1 aliphatic heterocycles. The predicted octanol–water partition coefficient (Wildman–Crippen LogP) is 4.91. The van der Waals surface area contributed by atoms with Crippen molar-refractivity contribution in [1.82, 2.24) is 0 Å². The van der Waals surface area contributed by atoms with E-state index in [4.69, 9.17) is 9.47 Å². The van der Waals surface area contributed by atoms with Crippen molar-refractivity contribution in [2.24, 2.45) is 5.92 Å². The van der Waals surface area contributed by atoms with Gasteiger partial charge in [-0.2, -0.15) is 0 Å². The van der Waals surface area contributed by atoms with Crippen LogP contribution in [0, 0.1) is 12.8 Å². The molecule has 0 saturated carbocycles. The first-order chi connectivity index (χ1) is 11.4. The number of hydrogen-bond donors (Lipinski definition) is 0. The number of methoxy groups -OCH3 is 1. The Hall–Kier alpha value is -0.840. The quantitative estimate of drug-likeness (QED) is 0.490. The Morgan fingerprint density at radius 3 is 2.58 bits per heavy atom. The Morgan fingerprint density at radius 1 is 1.33 bits per heavy atom. The molecule has 0 aromatic heterocycles. The van der Waals surface area contributed by atoms with Crippen LogP contribution in [0.3, 0.4) is 0 Å². The summed E-state index contributed by atoms with van der Waals surface area (Å²) in [5.74, 6) is 1.45. The summed E-state index contributed by atoms with van der Waals surface area (Å²) in [4.78, 5) is 12.5. The standard InChI is InChI=1S/C17H23O4PS2/c1-5-21-17(18)16(13(3)22(19)23-6-7-24-22)11-14-8-12(2)9-15(10-14)20-4/h8-10,16H,3,5-7,11H2,1-2,4H3. The third kappa shape index (κ3) is 4.62. The summed E-state index contributed by atoms with van der Waals surface area (Å²) in [6, 6.07) is 5.84. The Kier molecular flexibility index (Phi) is 6.90. The number of carbonyl (C=O) groups is 1. The predicted molar refractivity (Wildman–Crippen MR) is 103 cm³/mol. The fourth-order valence-corrected chi connectivity index (χ4v) is 11.4. The van der Waals surface area contributed by atoms with Crippen molar-refractivity contribution < 1.29 is 18.8 Å². The Balaban J connectivity index is 2.30. The molecule has 0 bridgehead atoms. The van der Waals surface area contributed by atoms with Gasteiger partial charge < -0.3 is 9.47 Å². The average Bonchev–Trinajstić information content (AvgIpc) is 2.99. The van der Waals surface area contributed by atoms with Gasteiger partial charge in [-0.15, -0.1) is 0 Å². The van der Waals surface area contributed by atoms with Gasteiger partial charge in [0.1, 0.15) is 5.75 Å². The molecule has 1 aromatic carbocycles. The number of benzene rings is 1. The Morgan fingerprint density at radius 2 is 2.00 bits per heavy atom. The molecule has 0 radical (unpaired) electrons. The van der Waals surface area contributed by atoms with E-state index in [9.17, 15) is 9.36 Å². The topological polar surface area (TPSA) is 52.6 Å². The molecule has 1 fully saturated rings. The number of esters is 1. The molecule has 1 aliphatic rings. The van der Waals surface area contributed by atoms with Crippen LogP contribution in [0.15, 0.2) is 30.1 Å². The smallest absolute Gasteiger partial charge is 0.313 e. The third-order valence-corrected chi connectivity index (χ3v) is 12.9. The number of carbonyl (C=O) groups excluding carboxylic acids is 1. The molecule has 7 heteroatoms. The zero-order valence-corrected chi connectivity index (χ0v) is 16.8. The summed E-state index contributed by atoms with van der Waals surface area (Å²) in [5.41, 5.74) is -0.655. The minimum absolute atomic E-state index is 0.296. The maximum absolute atomic E-state index is 13.0. The molecule has 0 amide bonds. The second-order valence-corrected chi connectivity index (χ2v) is 13.8. The SMILES string of the molecule is C=C(C(Cc1cc(C)cc(OC)c1)C(=O)OCC)P1(=O)SCCS1. The van der Waals surface area contributed by atoms with Gasteiger partial charge >= 0.3 is 5.97 Å². The van der Waals surface area contributed by atoms with Crippen LogP contribution in [0.2, 0.25) is 0 Å². The number of aryl methyl sites for hydroxylation is 1. The molecule has 1 atom stereocenters. The molecule has 1 unspecified atom stereocenters. The fourth-order valence-electron chi connectivity index (χ4n) is 2.58. The molecular weight excluding hydrogens is 363 g/mol. The average molecular weight is 386 g/mol. The van der Waals surface area contributed by atoms with Gasteiger partial charge in [-0.25, -0.2) is 0 Å². The van der Waals surface area contributed by atoms with E-state index in [1.807, 2.05) is 25.1 Å². The lowest BCUT2D eigenvalue weighted by atomic mass is 9.97. The maximum Gasteiger partial charge on any atom is 0.313 e. The van der Waals surface area contributed by atoms with Crippen molar-refractivity contribution in [2.75, 3.05) is 25.2 Å². The molecule has 4 nitrogen and oxygen atoms in total. The second-order valence-electron chi connectivity index (χ2n) is 5.52. The number of hydrogen-bond acceptors (Lipinski definition) is 6. The summed E-state index contributed by atoms with van der Waals surface area (Å²) < 4.78 is 23.6. The van der Waals surface area contributed by atoms with E-state index in [1.54, 1.807) is 14.0 Å². The second kappa shape index (κ2) is 8.50. The molecule has 1 aromatic rings. The van der Waals surface area contributed by atoms with Crippen LogP contribution in [-0.2, 0) is 20.5 Å². The van der Waals surface area contributed by atoms with Crippen LogP contribution in [0.4, 0.5) is 0 Å². The van der Waals surface area contributed by atoms with Crippen LogP contribution in [0.1, 0.15) is 18.1 Å². The van der Waals surface area contributed by atoms with Gasteiger partial charge in [0.25, 0.3) is 0 Å². The van der Waals surface area contributed by atoms with Gasteiger partial charge in [0.05, 0.1) is 19.6 Å². The lowest BCUT2D eigenvalue weighted by molar-refractivity contribution is -0.146. The van der Waals surface area contributed by atoms with Crippen LogP contribution in [-0.4, -0.2) is 31.2 Å². The summed E-state index contributed by atoms with van der Waals surface area (Å²) in [6.07, 6.45) is 0.417. The van der Waals surface area contributed by atoms with Crippen LogP contribution in [0.25, 0.3) is 0 Å². The van der Waals surface area contributed by atoms with E-state index in [0.717, 1.165) is 28.4 Å². The van der Waals surface area contributed by atoms with Crippen molar-refractivity contribution in [3.05, 3.63) is 41.2 Å². The molecule has 0 aliphatic carbocycles. The highest BCUT2D eigenvalue weighted by molar-refractivity contribution is 8.93. The first-order valence-electron chi connectivity index (χ1n) is 7.79. The van der Waals surface area contributed by atoms with Gasteiger partial charge in [0.2, 0.25) is 5.55 Å². The molecule has 0 N–H and O–H groups in total. The van der Waals surface area contributed by atoms with E-state index < -0.39 is 11.5 Å². The minimum atomic E-state index is -2.66. The van der Waals surface area contributed by atoms with Gasteiger partial charge in [0.15, 0.2) is 0 Å². The van der Waals surface area contributed by atoms with E-state index in [-0.39, 0.29) is 5.97 Å². The van der Waals surface area contributed by atoms with Gasteiger partial charge in [-0.3, -0.25) is 9.36 Å². The summed E-state index contributed by atoms with van der Waals surface area (Å²) >= 11 is 2.85. The normalized spacial score (nSPS) is 17.3. The first-order valence-corrected chi connectivity index (χ1v) is 12.7. The largest absolute Gasteiger partial charge is 0.497 e. The van der Waals surface area contributed by atoms with Crippen molar-refractivity contribution in [3.8, 4) is 5.75 Å². The molecular formula is C17H23O4PS2.